The zero-order valence-electron chi connectivity index (χ0n) is 15.2. The highest BCUT2D eigenvalue weighted by Gasteiger charge is 2.36. The van der Waals surface area contributed by atoms with Crippen LogP contribution in [0.5, 0.6) is 0 Å². The van der Waals surface area contributed by atoms with Gasteiger partial charge in [0.15, 0.2) is 0 Å². The lowest BCUT2D eigenvalue weighted by Gasteiger charge is -2.23. The summed E-state index contributed by atoms with van der Waals surface area (Å²) in [4.78, 5) is 25.8. The summed E-state index contributed by atoms with van der Waals surface area (Å²) in [7, 11) is -0.693. The average Bonchev–Trinajstić information content (AvgIpc) is 2.83. The standard InChI is InChI=1S/C17H24N2O6S/c1-13-4-5-14-15(12-13)17(21)19(16(14)20)8-11-26(22,23)18(6-9-24-2)7-10-25-3/h4-5,12H,6-11H2,1-3H3. The monoisotopic (exact) mass is 384 g/mol. The molecule has 0 spiro atoms. The molecule has 0 saturated carbocycles. The van der Waals surface area contributed by atoms with Gasteiger partial charge in [0.05, 0.1) is 30.1 Å². The van der Waals surface area contributed by atoms with Gasteiger partial charge < -0.3 is 9.47 Å². The molecular formula is C17H24N2O6S. The van der Waals surface area contributed by atoms with E-state index in [1.165, 1.54) is 18.5 Å². The van der Waals surface area contributed by atoms with Gasteiger partial charge in [0.2, 0.25) is 10.0 Å². The van der Waals surface area contributed by atoms with E-state index < -0.39 is 21.8 Å². The first-order valence-electron chi connectivity index (χ1n) is 8.24. The molecule has 0 aliphatic carbocycles. The third kappa shape index (κ3) is 4.47. The van der Waals surface area contributed by atoms with Gasteiger partial charge in [0.25, 0.3) is 11.8 Å². The summed E-state index contributed by atoms with van der Waals surface area (Å²) < 4.78 is 36.4. The molecular weight excluding hydrogens is 360 g/mol. The van der Waals surface area contributed by atoms with E-state index in [0.717, 1.165) is 10.5 Å². The number of fused-ring (bicyclic) bond motifs is 1. The first kappa shape index (κ1) is 20.5. The number of ether oxygens (including phenoxy) is 2. The van der Waals surface area contributed by atoms with E-state index in [4.69, 9.17) is 9.47 Å². The lowest BCUT2D eigenvalue weighted by molar-refractivity contribution is 0.0663. The van der Waals surface area contributed by atoms with Crippen LogP contribution in [0.1, 0.15) is 26.3 Å². The van der Waals surface area contributed by atoms with E-state index in [9.17, 15) is 18.0 Å². The molecule has 0 fully saturated rings. The maximum Gasteiger partial charge on any atom is 0.261 e. The van der Waals surface area contributed by atoms with Crippen molar-refractivity contribution < 1.29 is 27.5 Å². The fraction of sp³-hybridized carbons (Fsp3) is 0.529. The van der Waals surface area contributed by atoms with Crippen LogP contribution in [0.2, 0.25) is 0 Å². The van der Waals surface area contributed by atoms with Gasteiger partial charge in [-0.25, -0.2) is 8.42 Å². The van der Waals surface area contributed by atoms with Gasteiger partial charge in [-0.15, -0.1) is 0 Å². The van der Waals surface area contributed by atoms with Crippen LogP contribution in [0.3, 0.4) is 0 Å². The molecule has 1 aliphatic heterocycles. The minimum Gasteiger partial charge on any atom is -0.383 e. The quantitative estimate of drug-likeness (QED) is 0.546. The van der Waals surface area contributed by atoms with Gasteiger partial charge in [0, 0.05) is 33.9 Å². The normalized spacial score (nSPS) is 14.4. The van der Waals surface area contributed by atoms with Crippen LogP contribution in [-0.4, -0.2) is 82.3 Å². The summed E-state index contributed by atoms with van der Waals surface area (Å²) in [5.74, 6) is -1.25. The molecule has 1 heterocycles. The van der Waals surface area contributed by atoms with Crippen molar-refractivity contribution in [3.63, 3.8) is 0 Å². The predicted molar refractivity (Wildman–Crippen MR) is 95.7 cm³/mol. The molecule has 2 rings (SSSR count). The van der Waals surface area contributed by atoms with Crippen LogP contribution >= 0.6 is 0 Å². The Bertz CT molecular complexity index is 769. The molecule has 26 heavy (non-hydrogen) atoms. The Morgan fingerprint density at radius 3 is 2.15 bits per heavy atom. The minimum atomic E-state index is -3.67. The number of imide groups is 1. The molecule has 144 valence electrons. The Hall–Kier alpha value is -1.81. The molecule has 1 aromatic rings. The van der Waals surface area contributed by atoms with Crippen LogP contribution in [-0.2, 0) is 19.5 Å². The smallest absolute Gasteiger partial charge is 0.261 e. The summed E-state index contributed by atoms with van der Waals surface area (Å²) in [6.45, 7) is 2.50. The van der Waals surface area contributed by atoms with Crippen LogP contribution in [0, 0.1) is 6.92 Å². The zero-order valence-corrected chi connectivity index (χ0v) is 16.0. The van der Waals surface area contributed by atoms with Crippen molar-refractivity contribution in [1.82, 2.24) is 9.21 Å². The van der Waals surface area contributed by atoms with Crippen LogP contribution in [0.25, 0.3) is 0 Å². The fourth-order valence-corrected chi connectivity index (χ4v) is 4.10. The summed E-state index contributed by atoms with van der Waals surface area (Å²) >= 11 is 0. The second-order valence-corrected chi connectivity index (χ2v) is 8.10. The number of carbonyl (C=O) groups excluding carboxylic acids is 2. The summed E-state index contributed by atoms with van der Waals surface area (Å²) in [6, 6.07) is 5.00. The Morgan fingerprint density at radius 1 is 1.00 bits per heavy atom. The molecule has 2 amide bonds. The molecule has 8 nitrogen and oxygen atoms in total. The Kier molecular flexibility index (Phi) is 6.87. The van der Waals surface area contributed by atoms with Crippen molar-refractivity contribution in [2.24, 2.45) is 0 Å². The molecule has 9 heteroatoms. The van der Waals surface area contributed by atoms with Gasteiger partial charge in [-0.2, -0.15) is 4.31 Å². The molecule has 1 aliphatic rings. The Balaban J connectivity index is 2.09. The molecule has 0 atom stereocenters. The van der Waals surface area contributed by atoms with Gasteiger partial charge in [0.1, 0.15) is 0 Å². The molecule has 0 unspecified atom stereocenters. The third-order valence-corrected chi connectivity index (χ3v) is 6.03. The SMILES string of the molecule is COCCN(CCOC)S(=O)(=O)CCN1C(=O)c2ccc(C)cc2C1=O. The van der Waals surface area contributed by atoms with E-state index in [1.54, 1.807) is 18.2 Å². The minimum absolute atomic E-state index is 0.184. The fourth-order valence-electron chi connectivity index (χ4n) is 2.72. The Morgan fingerprint density at radius 2 is 1.58 bits per heavy atom. The largest absolute Gasteiger partial charge is 0.383 e. The van der Waals surface area contributed by atoms with Crippen molar-refractivity contribution in [2.45, 2.75) is 6.92 Å². The summed E-state index contributed by atoms with van der Waals surface area (Å²) in [6.07, 6.45) is 0. The van der Waals surface area contributed by atoms with E-state index in [-0.39, 0.29) is 38.6 Å². The number of hydrogen-bond acceptors (Lipinski definition) is 6. The average molecular weight is 384 g/mol. The maximum absolute atomic E-state index is 12.6. The number of amides is 2. The number of rotatable bonds is 10. The van der Waals surface area contributed by atoms with Crippen LogP contribution in [0.4, 0.5) is 0 Å². The number of benzene rings is 1. The van der Waals surface area contributed by atoms with Gasteiger partial charge in [-0.05, 0) is 19.1 Å². The number of carbonyl (C=O) groups is 2. The van der Waals surface area contributed by atoms with Crippen molar-refractivity contribution in [3.05, 3.63) is 34.9 Å². The first-order valence-corrected chi connectivity index (χ1v) is 9.85. The Labute approximate surface area is 153 Å². The molecule has 0 N–H and O–H groups in total. The molecule has 0 bridgehead atoms. The topological polar surface area (TPSA) is 93.2 Å². The number of hydrogen-bond donors (Lipinski definition) is 0. The second-order valence-electron chi connectivity index (χ2n) is 6.01. The van der Waals surface area contributed by atoms with Gasteiger partial charge >= 0.3 is 0 Å². The van der Waals surface area contributed by atoms with Gasteiger partial charge in [-0.1, -0.05) is 11.6 Å². The summed E-state index contributed by atoms with van der Waals surface area (Å²) in [5, 5.41) is 0. The van der Waals surface area contributed by atoms with Crippen molar-refractivity contribution in [3.8, 4) is 0 Å². The first-order chi connectivity index (χ1) is 12.3. The third-order valence-electron chi connectivity index (χ3n) is 4.18. The highest BCUT2D eigenvalue weighted by atomic mass is 32.2. The lowest BCUT2D eigenvalue weighted by Crippen LogP contribution is -2.42. The summed E-state index contributed by atoms with van der Waals surface area (Å²) in [5.41, 5.74) is 1.50. The number of sulfonamides is 1. The lowest BCUT2D eigenvalue weighted by atomic mass is 10.1. The number of nitrogens with zero attached hydrogens (tertiary/aromatic N) is 2. The second kappa shape index (κ2) is 8.72. The van der Waals surface area contributed by atoms with E-state index in [2.05, 4.69) is 0 Å². The van der Waals surface area contributed by atoms with Crippen LogP contribution < -0.4 is 0 Å². The van der Waals surface area contributed by atoms with E-state index in [1.807, 2.05) is 6.92 Å². The van der Waals surface area contributed by atoms with Crippen molar-refractivity contribution in [2.75, 3.05) is 52.8 Å². The number of aryl methyl sites for hydroxylation is 1. The highest BCUT2D eigenvalue weighted by molar-refractivity contribution is 7.89. The predicted octanol–water partition coefficient (Wildman–Crippen LogP) is 0.516. The maximum atomic E-state index is 12.6. The van der Waals surface area contributed by atoms with Crippen molar-refractivity contribution >= 4 is 21.8 Å². The zero-order chi connectivity index (χ0) is 19.3. The molecule has 1 aromatic carbocycles. The molecule has 0 aromatic heterocycles. The van der Waals surface area contributed by atoms with Gasteiger partial charge in [-0.3, -0.25) is 14.5 Å². The molecule has 0 radical (unpaired) electrons. The molecule has 0 saturated heterocycles. The highest BCUT2D eigenvalue weighted by Crippen LogP contribution is 2.23. The van der Waals surface area contributed by atoms with Crippen LogP contribution in [0.15, 0.2) is 18.2 Å². The van der Waals surface area contributed by atoms with Crippen molar-refractivity contribution in [1.29, 1.82) is 0 Å². The van der Waals surface area contributed by atoms with E-state index >= 15 is 0 Å². The van der Waals surface area contributed by atoms with E-state index in [0.29, 0.717) is 11.1 Å². The number of methoxy groups -OCH3 is 2.